The summed E-state index contributed by atoms with van der Waals surface area (Å²) in [4.78, 5) is 18.1. The lowest BCUT2D eigenvalue weighted by atomic mass is 10.2. The summed E-state index contributed by atoms with van der Waals surface area (Å²) >= 11 is 0. The van der Waals surface area contributed by atoms with E-state index in [0.717, 1.165) is 18.3 Å². The minimum absolute atomic E-state index is 0.168. The minimum Gasteiger partial charge on any atom is -0.476 e. The quantitative estimate of drug-likeness (QED) is 0.885. The van der Waals surface area contributed by atoms with Gasteiger partial charge in [-0.25, -0.2) is 23.5 Å². The minimum atomic E-state index is -1.17. The Morgan fingerprint density at radius 1 is 1.21 bits per heavy atom. The summed E-state index contributed by atoms with van der Waals surface area (Å²) in [5.41, 5.74) is 0.362. The number of carboxylic acid groups (broad SMARTS) is 1. The Balaban J connectivity index is 2.01. The van der Waals surface area contributed by atoms with Crippen LogP contribution in [0.1, 0.15) is 16.1 Å². The number of nitrogens with one attached hydrogen (secondary N) is 1. The maximum absolute atomic E-state index is 13.0. The largest absolute Gasteiger partial charge is 0.476 e. The lowest BCUT2D eigenvalue weighted by molar-refractivity contribution is 0.0690. The molecule has 1 heterocycles. The van der Waals surface area contributed by atoms with Gasteiger partial charge in [-0.1, -0.05) is 6.07 Å². The van der Waals surface area contributed by atoms with Crippen LogP contribution in [0.4, 0.5) is 14.6 Å². The van der Waals surface area contributed by atoms with Crippen LogP contribution in [0.15, 0.2) is 30.6 Å². The first-order valence-electron chi connectivity index (χ1n) is 5.29. The molecule has 0 spiro atoms. The summed E-state index contributed by atoms with van der Waals surface area (Å²) in [5, 5.41) is 11.5. The molecule has 2 aromatic rings. The first-order chi connectivity index (χ1) is 9.06. The normalized spacial score (nSPS) is 10.2. The molecule has 0 radical (unpaired) electrons. The number of aromatic carboxylic acids is 1. The Morgan fingerprint density at radius 2 is 2.00 bits per heavy atom. The van der Waals surface area contributed by atoms with Crippen LogP contribution in [0.25, 0.3) is 0 Å². The molecule has 1 aromatic carbocycles. The monoisotopic (exact) mass is 265 g/mol. The molecule has 0 aliphatic carbocycles. The van der Waals surface area contributed by atoms with E-state index in [1.54, 1.807) is 0 Å². The molecule has 7 heteroatoms. The van der Waals surface area contributed by atoms with Crippen molar-refractivity contribution in [1.29, 1.82) is 0 Å². The van der Waals surface area contributed by atoms with Crippen molar-refractivity contribution in [2.45, 2.75) is 6.54 Å². The Hall–Kier alpha value is -2.57. The third-order valence-electron chi connectivity index (χ3n) is 2.33. The maximum Gasteiger partial charge on any atom is 0.356 e. The molecule has 1 aromatic heterocycles. The zero-order chi connectivity index (χ0) is 13.8. The molecule has 0 aliphatic heterocycles. The molecule has 0 unspecified atom stereocenters. The van der Waals surface area contributed by atoms with Gasteiger partial charge in [-0.15, -0.1) is 0 Å². The predicted molar refractivity (Wildman–Crippen MR) is 62.7 cm³/mol. The van der Waals surface area contributed by atoms with Crippen LogP contribution < -0.4 is 5.32 Å². The molecule has 0 aliphatic rings. The second-order valence-electron chi connectivity index (χ2n) is 3.69. The average Bonchev–Trinajstić information content (AvgIpc) is 2.40. The SMILES string of the molecule is O=C(O)c1cnc(NCc2ccc(F)c(F)c2)cn1. The molecule has 0 bridgehead atoms. The number of hydrogen-bond acceptors (Lipinski definition) is 4. The molecule has 0 fully saturated rings. The predicted octanol–water partition coefficient (Wildman–Crippen LogP) is 2.07. The van der Waals surface area contributed by atoms with E-state index in [1.807, 2.05) is 0 Å². The van der Waals surface area contributed by atoms with Gasteiger partial charge in [-0.2, -0.15) is 0 Å². The van der Waals surface area contributed by atoms with Gasteiger partial charge in [0.25, 0.3) is 0 Å². The van der Waals surface area contributed by atoms with Crippen molar-refractivity contribution in [1.82, 2.24) is 9.97 Å². The number of rotatable bonds is 4. The highest BCUT2D eigenvalue weighted by atomic mass is 19.2. The van der Waals surface area contributed by atoms with Crippen LogP contribution in [-0.2, 0) is 6.54 Å². The van der Waals surface area contributed by atoms with Crippen LogP contribution in [-0.4, -0.2) is 21.0 Å². The fourth-order valence-corrected chi connectivity index (χ4v) is 1.37. The van der Waals surface area contributed by atoms with Crippen LogP contribution in [0, 0.1) is 11.6 Å². The molecule has 2 rings (SSSR count). The number of carbonyl (C=O) groups is 1. The molecule has 0 amide bonds. The van der Waals surface area contributed by atoms with Gasteiger partial charge in [0.15, 0.2) is 17.3 Å². The molecule has 98 valence electrons. The number of halogens is 2. The Kier molecular flexibility index (Phi) is 3.65. The van der Waals surface area contributed by atoms with Crippen molar-refractivity contribution in [3.63, 3.8) is 0 Å². The molecule has 0 atom stereocenters. The first kappa shape index (κ1) is 12.9. The van der Waals surface area contributed by atoms with Crippen molar-refractivity contribution >= 4 is 11.8 Å². The summed E-state index contributed by atoms with van der Waals surface area (Å²) < 4.78 is 25.7. The van der Waals surface area contributed by atoms with E-state index in [1.165, 1.54) is 12.3 Å². The summed E-state index contributed by atoms with van der Waals surface area (Å²) in [7, 11) is 0. The molecular weight excluding hydrogens is 256 g/mol. The third-order valence-corrected chi connectivity index (χ3v) is 2.33. The van der Waals surface area contributed by atoms with Crippen molar-refractivity contribution in [2.24, 2.45) is 0 Å². The van der Waals surface area contributed by atoms with Crippen LogP contribution >= 0.6 is 0 Å². The summed E-state index contributed by atoms with van der Waals surface area (Å²) in [6.07, 6.45) is 2.36. The second kappa shape index (κ2) is 5.38. The van der Waals surface area contributed by atoms with Crippen LogP contribution in [0.3, 0.4) is 0 Å². The summed E-state index contributed by atoms with van der Waals surface area (Å²) in [6.45, 7) is 0.221. The highest BCUT2D eigenvalue weighted by molar-refractivity contribution is 5.84. The Bertz CT molecular complexity index is 602. The number of anilines is 1. The third kappa shape index (κ3) is 3.21. The highest BCUT2D eigenvalue weighted by Crippen LogP contribution is 2.10. The van der Waals surface area contributed by atoms with Gasteiger partial charge < -0.3 is 10.4 Å². The first-order valence-corrected chi connectivity index (χ1v) is 5.29. The zero-order valence-electron chi connectivity index (χ0n) is 9.60. The fourth-order valence-electron chi connectivity index (χ4n) is 1.37. The van der Waals surface area contributed by atoms with Gasteiger partial charge >= 0.3 is 5.97 Å². The lowest BCUT2D eigenvalue weighted by Gasteiger charge is -2.05. The fraction of sp³-hybridized carbons (Fsp3) is 0.0833. The molecular formula is C12H9F2N3O2. The number of carboxylic acids is 1. The lowest BCUT2D eigenvalue weighted by Crippen LogP contribution is -2.05. The van der Waals surface area contributed by atoms with Gasteiger partial charge in [0.1, 0.15) is 5.82 Å². The van der Waals surface area contributed by atoms with Gasteiger partial charge in [0.2, 0.25) is 0 Å². The van der Waals surface area contributed by atoms with Gasteiger partial charge in [-0.05, 0) is 17.7 Å². The highest BCUT2D eigenvalue weighted by Gasteiger charge is 2.05. The maximum atomic E-state index is 13.0. The summed E-state index contributed by atoms with van der Waals surface area (Å²) in [6, 6.07) is 3.54. The molecule has 0 saturated heterocycles. The Labute approximate surface area is 106 Å². The number of hydrogen-bond donors (Lipinski definition) is 2. The van der Waals surface area contributed by atoms with Gasteiger partial charge in [0, 0.05) is 6.54 Å². The number of nitrogens with zero attached hydrogens (tertiary/aromatic N) is 2. The average molecular weight is 265 g/mol. The van der Waals surface area contributed by atoms with Gasteiger partial charge in [-0.3, -0.25) is 0 Å². The van der Waals surface area contributed by atoms with E-state index in [0.29, 0.717) is 11.4 Å². The van der Waals surface area contributed by atoms with Crippen molar-refractivity contribution in [3.05, 3.63) is 53.5 Å². The van der Waals surface area contributed by atoms with Gasteiger partial charge in [0.05, 0.1) is 12.4 Å². The van der Waals surface area contributed by atoms with Crippen molar-refractivity contribution < 1.29 is 18.7 Å². The Morgan fingerprint density at radius 3 is 2.58 bits per heavy atom. The van der Waals surface area contributed by atoms with Crippen molar-refractivity contribution in [2.75, 3.05) is 5.32 Å². The van der Waals surface area contributed by atoms with Crippen LogP contribution in [0.2, 0.25) is 0 Å². The van der Waals surface area contributed by atoms with Crippen molar-refractivity contribution in [3.8, 4) is 0 Å². The van der Waals surface area contributed by atoms with Crippen LogP contribution in [0.5, 0.6) is 0 Å². The van der Waals surface area contributed by atoms with E-state index < -0.39 is 17.6 Å². The van der Waals surface area contributed by atoms with E-state index in [-0.39, 0.29) is 12.2 Å². The molecule has 2 N–H and O–H groups in total. The smallest absolute Gasteiger partial charge is 0.356 e. The summed E-state index contributed by atoms with van der Waals surface area (Å²) in [5.74, 6) is -2.66. The standard InChI is InChI=1S/C12H9F2N3O2/c13-8-2-1-7(3-9(8)14)4-16-11-6-15-10(5-17-11)12(18)19/h1-3,5-6H,4H2,(H,16,17)(H,18,19). The van der Waals surface area contributed by atoms with E-state index in [4.69, 9.17) is 5.11 Å². The topological polar surface area (TPSA) is 75.1 Å². The van der Waals surface area contributed by atoms with E-state index >= 15 is 0 Å². The zero-order valence-corrected chi connectivity index (χ0v) is 9.60. The number of benzene rings is 1. The molecule has 19 heavy (non-hydrogen) atoms. The number of aromatic nitrogens is 2. The van der Waals surface area contributed by atoms with E-state index in [9.17, 15) is 13.6 Å². The van der Waals surface area contributed by atoms with E-state index in [2.05, 4.69) is 15.3 Å². The molecule has 0 saturated carbocycles. The molecule has 5 nitrogen and oxygen atoms in total. The second-order valence-corrected chi connectivity index (χ2v) is 3.69.